The Kier molecular flexibility index (Phi) is 4.60. The maximum absolute atomic E-state index is 11.8. The number of nitrogens with zero attached hydrogens (tertiary/aromatic N) is 2. The van der Waals surface area contributed by atoms with Crippen LogP contribution in [0.3, 0.4) is 0 Å². The fourth-order valence-electron chi connectivity index (χ4n) is 3.41. The van der Waals surface area contributed by atoms with E-state index in [-0.39, 0.29) is 5.91 Å². The second kappa shape index (κ2) is 6.44. The molecule has 1 aromatic heterocycles. The van der Waals surface area contributed by atoms with Crippen LogP contribution in [0.15, 0.2) is 0 Å². The van der Waals surface area contributed by atoms with Crippen molar-refractivity contribution in [2.24, 2.45) is 0 Å². The number of nitrogens with one attached hydrogen (secondary N) is 1. The van der Waals surface area contributed by atoms with Gasteiger partial charge in [0.05, 0.1) is 10.7 Å². The normalized spacial score (nSPS) is 25.1. The van der Waals surface area contributed by atoms with Crippen molar-refractivity contribution >= 4 is 17.2 Å². The van der Waals surface area contributed by atoms with Crippen LogP contribution < -0.4 is 5.32 Å². The molecule has 0 saturated carbocycles. The minimum atomic E-state index is 0.287. The third kappa shape index (κ3) is 3.14. The number of aromatic nitrogens is 1. The van der Waals surface area contributed by atoms with Crippen molar-refractivity contribution in [1.29, 1.82) is 0 Å². The predicted octanol–water partition coefficient (Wildman–Crippen LogP) is 2.68. The Balaban J connectivity index is 1.64. The highest BCUT2D eigenvalue weighted by molar-refractivity contribution is 7.11. The van der Waals surface area contributed by atoms with E-state index in [1.807, 2.05) is 23.2 Å². The number of carbonyl (C=O) groups is 1. The zero-order chi connectivity index (χ0) is 14.8. The van der Waals surface area contributed by atoms with Gasteiger partial charge in [0.25, 0.3) is 0 Å². The summed E-state index contributed by atoms with van der Waals surface area (Å²) in [5.74, 6) is 0.287. The van der Waals surface area contributed by atoms with Gasteiger partial charge in [-0.1, -0.05) is 13.8 Å². The van der Waals surface area contributed by atoms with Gasteiger partial charge in [0, 0.05) is 36.5 Å². The average molecular weight is 307 g/mol. The van der Waals surface area contributed by atoms with Crippen molar-refractivity contribution in [2.75, 3.05) is 13.1 Å². The van der Waals surface area contributed by atoms with Crippen molar-refractivity contribution in [2.45, 2.75) is 64.5 Å². The number of fused-ring (bicyclic) bond motifs is 1. The quantitative estimate of drug-likeness (QED) is 0.930. The Bertz CT molecular complexity index is 514. The molecule has 2 atom stereocenters. The summed E-state index contributed by atoms with van der Waals surface area (Å²) in [5.41, 5.74) is 1.32. The first-order chi connectivity index (χ1) is 10.2. The van der Waals surface area contributed by atoms with Crippen molar-refractivity contribution < 1.29 is 4.79 Å². The molecule has 21 heavy (non-hydrogen) atoms. The van der Waals surface area contributed by atoms with Crippen molar-refractivity contribution in [3.8, 4) is 0 Å². The molecule has 1 saturated heterocycles. The maximum Gasteiger partial charge on any atom is 0.222 e. The van der Waals surface area contributed by atoms with Crippen LogP contribution in [0.5, 0.6) is 0 Å². The Morgan fingerprint density at radius 3 is 3.05 bits per heavy atom. The summed E-state index contributed by atoms with van der Waals surface area (Å²) in [6.45, 7) is 5.91. The largest absolute Gasteiger partial charge is 0.341 e. The fraction of sp³-hybridized carbons (Fsp3) is 0.750. The molecule has 1 N–H and O–H groups in total. The van der Waals surface area contributed by atoms with Crippen LogP contribution in [0.25, 0.3) is 0 Å². The second-order valence-electron chi connectivity index (χ2n) is 6.06. The van der Waals surface area contributed by atoms with E-state index in [1.54, 1.807) is 0 Å². The van der Waals surface area contributed by atoms with Crippen LogP contribution in [0.1, 0.15) is 61.2 Å². The van der Waals surface area contributed by atoms with Gasteiger partial charge in [-0.3, -0.25) is 4.79 Å². The van der Waals surface area contributed by atoms with Gasteiger partial charge in [0.15, 0.2) is 0 Å². The number of likely N-dealkylation sites (tertiary alicyclic amines) is 1. The first kappa shape index (κ1) is 15.0. The number of amides is 1. The lowest BCUT2D eigenvalue weighted by Gasteiger charge is -2.26. The van der Waals surface area contributed by atoms with Crippen molar-refractivity contribution in [3.05, 3.63) is 15.6 Å². The third-order valence-corrected chi connectivity index (χ3v) is 5.93. The van der Waals surface area contributed by atoms with Gasteiger partial charge in [-0.15, -0.1) is 11.3 Å². The van der Waals surface area contributed by atoms with Crippen LogP contribution in [0.4, 0.5) is 0 Å². The van der Waals surface area contributed by atoms with Gasteiger partial charge in [-0.2, -0.15) is 0 Å². The number of carbonyl (C=O) groups excluding carboxylic acids is 1. The van der Waals surface area contributed by atoms with E-state index in [1.165, 1.54) is 28.4 Å². The van der Waals surface area contributed by atoms with Gasteiger partial charge in [-0.25, -0.2) is 4.98 Å². The van der Waals surface area contributed by atoms with Crippen LogP contribution in [0, 0.1) is 0 Å². The number of rotatable bonds is 4. The van der Waals surface area contributed by atoms with Gasteiger partial charge >= 0.3 is 0 Å². The standard InChI is InChI=1S/C16H25N3OS/c1-3-14-18-13-7-5-6-12(16(13)21-14)17-11-8-9-19(10-11)15(20)4-2/h11-12,17H,3-10H2,1-2H3/t11-,12-/m0/s1. The highest BCUT2D eigenvalue weighted by atomic mass is 32.1. The van der Waals surface area contributed by atoms with Crippen LogP contribution in [0.2, 0.25) is 0 Å². The van der Waals surface area contributed by atoms with Crippen LogP contribution >= 0.6 is 11.3 Å². The fourth-order valence-corrected chi connectivity index (χ4v) is 4.56. The number of aryl methyl sites for hydroxylation is 2. The summed E-state index contributed by atoms with van der Waals surface area (Å²) >= 11 is 1.88. The Morgan fingerprint density at radius 1 is 1.43 bits per heavy atom. The van der Waals surface area contributed by atoms with Gasteiger partial charge in [-0.05, 0) is 32.1 Å². The van der Waals surface area contributed by atoms with Crippen LogP contribution in [-0.4, -0.2) is 34.9 Å². The molecule has 0 spiro atoms. The molecule has 0 bridgehead atoms. The van der Waals surface area contributed by atoms with Gasteiger partial charge < -0.3 is 10.2 Å². The van der Waals surface area contributed by atoms with E-state index in [2.05, 4.69) is 12.2 Å². The first-order valence-corrected chi connectivity index (χ1v) is 9.05. The molecule has 116 valence electrons. The SMILES string of the molecule is CCC(=O)N1CC[C@H](N[C@H]2CCCc3nc(CC)sc32)C1. The summed E-state index contributed by atoms with van der Waals surface area (Å²) in [5, 5.41) is 5.06. The molecule has 3 rings (SSSR count). The lowest BCUT2D eigenvalue weighted by atomic mass is 9.97. The molecule has 1 aromatic rings. The molecular weight excluding hydrogens is 282 g/mol. The number of hydrogen-bond acceptors (Lipinski definition) is 4. The average Bonchev–Trinajstić information content (AvgIpc) is 3.13. The lowest BCUT2D eigenvalue weighted by molar-refractivity contribution is -0.129. The summed E-state index contributed by atoms with van der Waals surface area (Å²) < 4.78 is 0. The molecule has 2 aliphatic rings. The smallest absolute Gasteiger partial charge is 0.222 e. The second-order valence-corrected chi connectivity index (χ2v) is 7.18. The molecular formula is C16H25N3OS. The highest BCUT2D eigenvalue weighted by Gasteiger charge is 2.30. The topological polar surface area (TPSA) is 45.2 Å². The molecule has 4 nitrogen and oxygen atoms in total. The molecule has 1 aliphatic heterocycles. The predicted molar refractivity (Wildman–Crippen MR) is 85.6 cm³/mol. The minimum absolute atomic E-state index is 0.287. The minimum Gasteiger partial charge on any atom is -0.341 e. The Morgan fingerprint density at radius 2 is 2.29 bits per heavy atom. The maximum atomic E-state index is 11.8. The van der Waals surface area contributed by atoms with E-state index < -0.39 is 0 Å². The molecule has 2 heterocycles. The lowest BCUT2D eigenvalue weighted by Crippen LogP contribution is -2.37. The third-order valence-electron chi connectivity index (χ3n) is 4.58. The van der Waals surface area contributed by atoms with Crippen molar-refractivity contribution in [3.63, 3.8) is 0 Å². The molecule has 0 radical (unpaired) electrons. The molecule has 0 aromatic carbocycles. The van der Waals surface area contributed by atoms with Gasteiger partial charge in [0.1, 0.15) is 0 Å². The summed E-state index contributed by atoms with van der Waals surface area (Å²) in [4.78, 5) is 20.0. The van der Waals surface area contributed by atoms with Gasteiger partial charge in [0.2, 0.25) is 5.91 Å². The molecule has 1 fully saturated rings. The summed E-state index contributed by atoms with van der Waals surface area (Å²) in [6.07, 6.45) is 6.30. The number of thiazole rings is 1. The van der Waals surface area contributed by atoms with E-state index in [4.69, 9.17) is 4.98 Å². The number of hydrogen-bond donors (Lipinski definition) is 1. The summed E-state index contributed by atoms with van der Waals surface area (Å²) in [6, 6.07) is 0.900. The highest BCUT2D eigenvalue weighted by Crippen LogP contribution is 2.35. The Labute approximate surface area is 130 Å². The van der Waals surface area contributed by atoms with Crippen LogP contribution in [-0.2, 0) is 17.6 Å². The molecule has 5 heteroatoms. The zero-order valence-corrected chi connectivity index (χ0v) is 13.8. The van der Waals surface area contributed by atoms with Crippen molar-refractivity contribution in [1.82, 2.24) is 15.2 Å². The van der Waals surface area contributed by atoms with E-state index in [9.17, 15) is 4.79 Å². The Hall–Kier alpha value is -0.940. The molecule has 1 aliphatic carbocycles. The monoisotopic (exact) mass is 307 g/mol. The van der Waals surface area contributed by atoms with E-state index in [0.29, 0.717) is 18.5 Å². The van der Waals surface area contributed by atoms with E-state index in [0.717, 1.165) is 32.4 Å². The van der Waals surface area contributed by atoms with E-state index >= 15 is 0 Å². The molecule has 1 amide bonds. The first-order valence-electron chi connectivity index (χ1n) is 8.23. The zero-order valence-electron chi connectivity index (χ0n) is 13.0. The molecule has 0 unspecified atom stereocenters. The summed E-state index contributed by atoms with van der Waals surface area (Å²) in [7, 11) is 0.